The molecule has 0 spiro atoms. The van der Waals surface area contributed by atoms with Crippen molar-refractivity contribution in [2.45, 2.75) is 39.5 Å². The van der Waals surface area contributed by atoms with E-state index in [9.17, 15) is 9.59 Å². The Morgan fingerprint density at radius 3 is 2.40 bits per heavy atom. The molecule has 2 aromatic rings. The smallest absolute Gasteiger partial charge is 0.336 e. The fraction of sp³-hybridized carbons (Fsp3) is 0.346. The van der Waals surface area contributed by atoms with Gasteiger partial charge < -0.3 is 4.74 Å². The number of rotatable bonds is 3. The van der Waals surface area contributed by atoms with Crippen LogP contribution in [0.3, 0.4) is 0 Å². The monoisotopic (exact) mass is 401 g/mol. The third kappa shape index (κ3) is 3.62. The van der Waals surface area contributed by atoms with Crippen molar-refractivity contribution in [3.63, 3.8) is 0 Å². The molecule has 154 valence electrons. The van der Waals surface area contributed by atoms with Gasteiger partial charge >= 0.3 is 5.97 Å². The Morgan fingerprint density at radius 1 is 1.00 bits per heavy atom. The summed E-state index contributed by atoms with van der Waals surface area (Å²) in [6.07, 6.45) is 1.24. The quantitative estimate of drug-likeness (QED) is 0.652. The van der Waals surface area contributed by atoms with Crippen LogP contribution in [0.4, 0.5) is 0 Å². The van der Waals surface area contributed by atoms with Crippen molar-refractivity contribution >= 4 is 17.5 Å². The van der Waals surface area contributed by atoms with Gasteiger partial charge in [0.25, 0.3) is 0 Å². The van der Waals surface area contributed by atoms with Crippen LogP contribution in [0.15, 0.2) is 70.9 Å². The Balaban J connectivity index is 1.87. The maximum atomic E-state index is 13.3. The van der Waals surface area contributed by atoms with Crippen LogP contribution < -0.4 is 0 Å². The van der Waals surface area contributed by atoms with Crippen LogP contribution in [0.25, 0.3) is 11.1 Å². The van der Waals surface area contributed by atoms with E-state index < -0.39 is 11.9 Å². The Labute approximate surface area is 177 Å². The second kappa shape index (κ2) is 7.67. The van der Waals surface area contributed by atoms with Crippen molar-refractivity contribution in [3.8, 4) is 11.1 Å². The first kappa shape index (κ1) is 20.3. The van der Waals surface area contributed by atoms with Crippen molar-refractivity contribution in [1.29, 1.82) is 0 Å². The molecule has 1 heterocycles. The number of Topliss-reactive ketones (excluding diaryl/α,β-unsaturated/α-hetero) is 1. The van der Waals surface area contributed by atoms with Gasteiger partial charge in [-0.3, -0.25) is 9.79 Å². The summed E-state index contributed by atoms with van der Waals surface area (Å²) >= 11 is 0. The van der Waals surface area contributed by atoms with E-state index in [1.165, 1.54) is 7.11 Å². The highest BCUT2D eigenvalue weighted by atomic mass is 16.5. The lowest BCUT2D eigenvalue weighted by Crippen LogP contribution is -2.44. The first-order valence-electron chi connectivity index (χ1n) is 10.4. The fourth-order valence-electron chi connectivity index (χ4n) is 4.87. The molecule has 1 fully saturated rings. The Hall–Kier alpha value is -3.01. The second-order valence-corrected chi connectivity index (χ2v) is 9.02. The number of fused-ring (bicyclic) bond motifs is 1. The molecule has 2 aromatic carbocycles. The third-order valence-corrected chi connectivity index (χ3v) is 6.12. The number of ketones is 1. The summed E-state index contributed by atoms with van der Waals surface area (Å²) < 4.78 is 5.11. The van der Waals surface area contributed by atoms with Crippen molar-refractivity contribution in [1.82, 2.24) is 0 Å². The molecule has 0 amide bonds. The van der Waals surface area contributed by atoms with E-state index >= 15 is 0 Å². The molecule has 4 heteroatoms. The van der Waals surface area contributed by atoms with Crippen molar-refractivity contribution in [2.24, 2.45) is 16.3 Å². The minimum absolute atomic E-state index is 0.119. The standard InChI is InChI=1S/C26H27NO3/c1-16-22(25(29)30-4)23(24-20(27-16)14-26(2,3)15-21(24)28)19-12-8-11-18(13-19)17-9-6-5-7-10-17/h5-13,23-24H,14-15H2,1-4H3. The predicted octanol–water partition coefficient (Wildman–Crippen LogP) is 5.34. The number of methoxy groups -OCH3 is 1. The average molecular weight is 402 g/mol. The number of ether oxygens (including phenoxy) is 1. The fourth-order valence-corrected chi connectivity index (χ4v) is 4.87. The Morgan fingerprint density at radius 2 is 1.70 bits per heavy atom. The summed E-state index contributed by atoms with van der Waals surface area (Å²) in [5.74, 6) is -1.06. The molecule has 0 aromatic heterocycles. The number of benzene rings is 2. The van der Waals surface area contributed by atoms with Crippen LogP contribution in [0.1, 0.15) is 45.1 Å². The molecule has 4 nitrogen and oxygen atoms in total. The summed E-state index contributed by atoms with van der Waals surface area (Å²) in [6.45, 7) is 6.04. The number of hydrogen-bond acceptors (Lipinski definition) is 4. The molecule has 30 heavy (non-hydrogen) atoms. The number of allylic oxidation sites excluding steroid dienone is 1. The van der Waals surface area contributed by atoms with Gasteiger partial charge in [0.2, 0.25) is 0 Å². The van der Waals surface area contributed by atoms with Gasteiger partial charge in [-0.15, -0.1) is 0 Å². The summed E-state index contributed by atoms with van der Waals surface area (Å²) in [7, 11) is 1.38. The molecule has 2 unspecified atom stereocenters. The average Bonchev–Trinajstić information content (AvgIpc) is 2.72. The van der Waals surface area contributed by atoms with E-state index in [0.717, 1.165) is 28.8 Å². The molecule has 0 radical (unpaired) electrons. The molecular weight excluding hydrogens is 374 g/mol. The highest BCUT2D eigenvalue weighted by molar-refractivity contribution is 6.12. The van der Waals surface area contributed by atoms with Gasteiger partial charge in [-0.2, -0.15) is 0 Å². The topological polar surface area (TPSA) is 55.7 Å². The lowest BCUT2D eigenvalue weighted by atomic mass is 9.63. The summed E-state index contributed by atoms with van der Waals surface area (Å²) in [5.41, 5.74) is 5.01. The van der Waals surface area contributed by atoms with Gasteiger partial charge in [0, 0.05) is 23.7 Å². The van der Waals surface area contributed by atoms with E-state index in [-0.39, 0.29) is 17.1 Å². The third-order valence-electron chi connectivity index (χ3n) is 6.12. The molecule has 1 aliphatic heterocycles. The largest absolute Gasteiger partial charge is 0.466 e. The first-order valence-corrected chi connectivity index (χ1v) is 10.4. The van der Waals surface area contributed by atoms with Crippen LogP contribution in [0.2, 0.25) is 0 Å². The van der Waals surface area contributed by atoms with E-state index in [1.54, 1.807) is 0 Å². The predicted molar refractivity (Wildman–Crippen MR) is 118 cm³/mol. The summed E-state index contributed by atoms with van der Waals surface area (Å²) in [5, 5.41) is 0. The summed E-state index contributed by atoms with van der Waals surface area (Å²) in [4.78, 5) is 30.8. The van der Waals surface area contributed by atoms with Crippen molar-refractivity contribution < 1.29 is 14.3 Å². The van der Waals surface area contributed by atoms with Crippen molar-refractivity contribution in [2.75, 3.05) is 7.11 Å². The van der Waals surface area contributed by atoms with Gasteiger partial charge in [-0.25, -0.2) is 4.79 Å². The number of esters is 1. The molecule has 0 N–H and O–H groups in total. The van der Waals surface area contributed by atoms with Gasteiger partial charge in [-0.1, -0.05) is 68.4 Å². The van der Waals surface area contributed by atoms with Crippen LogP contribution in [-0.4, -0.2) is 24.6 Å². The Kier molecular flexibility index (Phi) is 5.19. The van der Waals surface area contributed by atoms with Gasteiger partial charge in [-0.05, 0) is 35.4 Å². The Bertz CT molecular complexity index is 1060. The lowest BCUT2D eigenvalue weighted by Gasteiger charge is -2.41. The van der Waals surface area contributed by atoms with E-state index in [1.807, 2.05) is 37.3 Å². The molecule has 4 rings (SSSR count). The first-order chi connectivity index (χ1) is 14.3. The molecule has 0 saturated heterocycles. The highest BCUT2D eigenvalue weighted by Gasteiger charge is 2.47. The van der Waals surface area contributed by atoms with Crippen LogP contribution in [0, 0.1) is 11.3 Å². The van der Waals surface area contributed by atoms with Crippen LogP contribution in [-0.2, 0) is 14.3 Å². The molecule has 0 bridgehead atoms. The normalized spacial score (nSPS) is 22.9. The van der Waals surface area contributed by atoms with Gasteiger partial charge in [0.1, 0.15) is 5.78 Å². The molecule has 1 aliphatic carbocycles. The molecule has 2 atom stereocenters. The number of aliphatic imine (C=N–C) groups is 1. The zero-order valence-electron chi connectivity index (χ0n) is 17.9. The lowest BCUT2D eigenvalue weighted by molar-refractivity contribution is -0.136. The SMILES string of the molecule is COC(=O)C1=C(C)N=C2CC(C)(C)CC(=O)C2C1c1cccc(-c2ccccc2)c1. The van der Waals surface area contributed by atoms with Gasteiger partial charge in [0.15, 0.2) is 0 Å². The number of carbonyl (C=O) groups excluding carboxylic acids is 2. The minimum atomic E-state index is -0.415. The van der Waals surface area contributed by atoms with Crippen LogP contribution in [0.5, 0.6) is 0 Å². The summed E-state index contributed by atoms with van der Waals surface area (Å²) in [6, 6.07) is 18.2. The minimum Gasteiger partial charge on any atom is -0.466 e. The maximum Gasteiger partial charge on any atom is 0.336 e. The molecule has 1 saturated carbocycles. The van der Waals surface area contributed by atoms with Gasteiger partial charge in [0.05, 0.1) is 18.6 Å². The van der Waals surface area contributed by atoms with Crippen LogP contribution >= 0.6 is 0 Å². The number of hydrogen-bond donors (Lipinski definition) is 0. The van der Waals surface area contributed by atoms with E-state index in [2.05, 4.69) is 38.1 Å². The second-order valence-electron chi connectivity index (χ2n) is 9.02. The van der Waals surface area contributed by atoms with E-state index in [4.69, 9.17) is 9.73 Å². The van der Waals surface area contributed by atoms with E-state index in [0.29, 0.717) is 17.7 Å². The number of nitrogens with zero attached hydrogens (tertiary/aromatic N) is 1. The number of carbonyl (C=O) groups is 2. The van der Waals surface area contributed by atoms with Crippen molar-refractivity contribution in [3.05, 3.63) is 71.4 Å². The maximum absolute atomic E-state index is 13.3. The zero-order chi connectivity index (χ0) is 21.5. The molecule has 2 aliphatic rings. The molecular formula is C26H27NO3. The zero-order valence-corrected chi connectivity index (χ0v) is 17.9. The highest BCUT2D eigenvalue weighted by Crippen LogP contribution is 2.47.